The first-order valence-electron chi connectivity index (χ1n) is 8.81. The SMILES string of the molecule is Cc1ccc(CN2CC(C(=O)NC(C)c3cccc(Cl)c3)CC2=O)cc1. The lowest BCUT2D eigenvalue weighted by Crippen LogP contribution is -2.34. The number of nitrogens with one attached hydrogen (secondary N) is 1. The summed E-state index contributed by atoms with van der Waals surface area (Å²) in [6.07, 6.45) is 0.264. The van der Waals surface area contributed by atoms with E-state index in [0.717, 1.165) is 11.1 Å². The monoisotopic (exact) mass is 370 g/mol. The molecule has 0 saturated carbocycles. The number of benzene rings is 2. The lowest BCUT2D eigenvalue weighted by atomic mass is 10.1. The molecule has 2 amide bonds. The molecule has 2 aromatic rings. The smallest absolute Gasteiger partial charge is 0.225 e. The molecule has 2 unspecified atom stereocenters. The van der Waals surface area contributed by atoms with Gasteiger partial charge in [-0.3, -0.25) is 9.59 Å². The molecular formula is C21H23ClN2O2. The second-order valence-electron chi connectivity index (χ2n) is 6.95. The first kappa shape index (κ1) is 18.5. The molecule has 26 heavy (non-hydrogen) atoms. The van der Waals surface area contributed by atoms with Gasteiger partial charge in [-0.2, -0.15) is 0 Å². The van der Waals surface area contributed by atoms with E-state index in [1.165, 1.54) is 5.56 Å². The molecule has 1 saturated heterocycles. The van der Waals surface area contributed by atoms with Crippen LogP contribution in [0.5, 0.6) is 0 Å². The van der Waals surface area contributed by atoms with Gasteiger partial charge in [-0.05, 0) is 37.1 Å². The second-order valence-corrected chi connectivity index (χ2v) is 7.38. The molecule has 0 bridgehead atoms. The molecular weight excluding hydrogens is 348 g/mol. The minimum absolute atomic E-state index is 0.0288. The van der Waals surface area contributed by atoms with Gasteiger partial charge in [0.25, 0.3) is 0 Å². The Morgan fingerprint density at radius 2 is 2.00 bits per heavy atom. The molecule has 1 N–H and O–H groups in total. The highest BCUT2D eigenvalue weighted by molar-refractivity contribution is 6.30. The van der Waals surface area contributed by atoms with E-state index in [2.05, 4.69) is 5.32 Å². The maximum atomic E-state index is 12.6. The maximum absolute atomic E-state index is 12.6. The summed E-state index contributed by atoms with van der Waals surface area (Å²) >= 11 is 6.01. The van der Waals surface area contributed by atoms with E-state index in [0.29, 0.717) is 18.1 Å². The fourth-order valence-corrected chi connectivity index (χ4v) is 3.40. The summed E-state index contributed by atoms with van der Waals surface area (Å²) in [6.45, 7) is 4.96. The van der Waals surface area contributed by atoms with E-state index in [4.69, 9.17) is 11.6 Å². The number of amides is 2. The lowest BCUT2D eigenvalue weighted by Gasteiger charge is -2.19. The van der Waals surface area contributed by atoms with E-state index in [9.17, 15) is 9.59 Å². The number of carbonyl (C=O) groups excluding carboxylic acids is 2. The molecule has 5 heteroatoms. The van der Waals surface area contributed by atoms with E-state index < -0.39 is 0 Å². The van der Waals surface area contributed by atoms with Crippen molar-refractivity contribution in [2.24, 2.45) is 5.92 Å². The summed E-state index contributed by atoms with van der Waals surface area (Å²) in [5.41, 5.74) is 3.22. The van der Waals surface area contributed by atoms with E-state index in [-0.39, 0.29) is 30.2 Å². The first-order valence-corrected chi connectivity index (χ1v) is 9.19. The number of aryl methyl sites for hydroxylation is 1. The molecule has 3 rings (SSSR count). The third-order valence-electron chi connectivity index (χ3n) is 4.79. The standard InChI is InChI=1S/C21H23ClN2O2/c1-14-6-8-16(9-7-14)12-24-13-18(11-20(24)25)21(26)23-15(2)17-4-3-5-19(22)10-17/h3-10,15,18H,11-13H2,1-2H3,(H,23,26). The van der Waals surface area contributed by atoms with Crippen molar-refractivity contribution in [2.75, 3.05) is 6.54 Å². The fourth-order valence-electron chi connectivity index (χ4n) is 3.20. The summed E-state index contributed by atoms with van der Waals surface area (Å²) in [7, 11) is 0. The minimum atomic E-state index is -0.311. The van der Waals surface area contributed by atoms with E-state index >= 15 is 0 Å². The molecule has 0 radical (unpaired) electrons. The van der Waals surface area contributed by atoms with Crippen molar-refractivity contribution in [1.29, 1.82) is 0 Å². The number of likely N-dealkylation sites (tertiary alicyclic amines) is 1. The molecule has 1 aliphatic rings. The Hall–Kier alpha value is -2.33. The minimum Gasteiger partial charge on any atom is -0.349 e. The van der Waals surface area contributed by atoms with Crippen molar-refractivity contribution in [1.82, 2.24) is 10.2 Å². The Labute approximate surface area is 159 Å². The maximum Gasteiger partial charge on any atom is 0.225 e. The van der Waals surface area contributed by atoms with E-state index in [1.54, 1.807) is 11.0 Å². The molecule has 1 fully saturated rings. The van der Waals surface area contributed by atoms with Crippen molar-refractivity contribution >= 4 is 23.4 Å². The van der Waals surface area contributed by atoms with Crippen molar-refractivity contribution in [3.8, 4) is 0 Å². The molecule has 0 aliphatic carbocycles. The number of nitrogens with zero attached hydrogens (tertiary/aromatic N) is 1. The largest absolute Gasteiger partial charge is 0.349 e. The summed E-state index contributed by atoms with van der Waals surface area (Å²) in [5.74, 6) is -0.368. The van der Waals surface area contributed by atoms with Gasteiger partial charge in [0.15, 0.2) is 0 Å². The summed E-state index contributed by atoms with van der Waals surface area (Å²) in [4.78, 5) is 26.6. The van der Waals surface area contributed by atoms with Gasteiger partial charge in [0.2, 0.25) is 11.8 Å². The highest BCUT2D eigenvalue weighted by atomic mass is 35.5. The van der Waals surface area contributed by atoms with Crippen molar-refractivity contribution in [3.05, 3.63) is 70.2 Å². The van der Waals surface area contributed by atoms with Crippen molar-refractivity contribution in [3.63, 3.8) is 0 Å². The average molecular weight is 371 g/mol. The Morgan fingerprint density at radius 1 is 1.27 bits per heavy atom. The van der Waals surface area contributed by atoms with Crippen LogP contribution in [0.2, 0.25) is 5.02 Å². The van der Waals surface area contributed by atoms with Gasteiger partial charge in [0.1, 0.15) is 0 Å². The van der Waals surface area contributed by atoms with Gasteiger partial charge in [0.05, 0.1) is 12.0 Å². The number of rotatable bonds is 5. The van der Waals surface area contributed by atoms with Crippen LogP contribution < -0.4 is 5.32 Å². The zero-order valence-corrected chi connectivity index (χ0v) is 15.8. The molecule has 0 aromatic heterocycles. The Bertz CT molecular complexity index is 804. The zero-order chi connectivity index (χ0) is 18.7. The van der Waals surface area contributed by atoms with Crippen molar-refractivity contribution < 1.29 is 9.59 Å². The topological polar surface area (TPSA) is 49.4 Å². The van der Waals surface area contributed by atoms with Gasteiger partial charge in [-0.1, -0.05) is 53.6 Å². The number of halogens is 1. The van der Waals surface area contributed by atoms with Crippen LogP contribution in [-0.2, 0) is 16.1 Å². The van der Waals surface area contributed by atoms with Crippen LogP contribution in [-0.4, -0.2) is 23.3 Å². The lowest BCUT2D eigenvalue weighted by molar-refractivity contribution is -0.129. The van der Waals surface area contributed by atoms with Crippen LogP contribution in [0.1, 0.15) is 36.1 Å². The third kappa shape index (κ3) is 4.44. The van der Waals surface area contributed by atoms with Crippen LogP contribution in [0.4, 0.5) is 0 Å². The predicted molar refractivity (Wildman–Crippen MR) is 103 cm³/mol. The predicted octanol–water partition coefficient (Wildman–Crippen LogP) is 3.87. The Kier molecular flexibility index (Phi) is 5.62. The molecule has 2 aromatic carbocycles. The molecule has 1 heterocycles. The van der Waals surface area contributed by atoms with Crippen LogP contribution >= 0.6 is 11.6 Å². The normalized spacial score (nSPS) is 18.0. The Balaban J connectivity index is 1.59. The fraction of sp³-hybridized carbons (Fsp3) is 0.333. The molecule has 1 aliphatic heterocycles. The number of hydrogen-bond acceptors (Lipinski definition) is 2. The second kappa shape index (κ2) is 7.92. The van der Waals surface area contributed by atoms with Crippen LogP contribution in [0.3, 0.4) is 0 Å². The van der Waals surface area contributed by atoms with Gasteiger partial charge >= 0.3 is 0 Å². The van der Waals surface area contributed by atoms with Gasteiger partial charge < -0.3 is 10.2 Å². The first-order chi connectivity index (χ1) is 12.4. The van der Waals surface area contributed by atoms with Crippen LogP contribution in [0.15, 0.2) is 48.5 Å². The highest BCUT2D eigenvalue weighted by Crippen LogP contribution is 2.23. The summed E-state index contributed by atoms with van der Waals surface area (Å²) < 4.78 is 0. The summed E-state index contributed by atoms with van der Waals surface area (Å²) in [5, 5.41) is 3.64. The molecule has 4 nitrogen and oxygen atoms in total. The highest BCUT2D eigenvalue weighted by Gasteiger charge is 2.34. The molecule has 0 spiro atoms. The average Bonchev–Trinajstić information content (AvgIpc) is 2.98. The number of hydrogen-bond donors (Lipinski definition) is 1. The summed E-state index contributed by atoms with van der Waals surface area (Å²) in [6, 6.07) is 15.4. The van der Waals surface area contributed by atoms with Gasteiger partial charge in [0, 0.05) is 24.5 Å². The van der Waals surface area contributed by atoms with Gasteiger partial charge in [-0.25, -0.2) is 0 Å². The Morgan fingerprint density at radius 3 is 2.69 bits per heavy atom. The third-order valence-corrected chi connectivity index (χ3v) is 5.02. The van der Waals surface area contributed by atoms with Crippen LogP contribution in [0.25, 0.3) is 0 Å². The van der Waals surface area contributed by atoms with E-state index in [1.807, 2.05) is 56.3 Å². The van der Waals surface area contributed by atoms with Crippen LogP contribution in [0, 0.1) is 12.8 Å². The quantitative estimate of drug-likeness (QED) is 0.868. The zero-order valence-electron chi connectivity index (χ0n) is 15.0. The van der Waals surface area contributed by atoms with Gasteiger partial charge in [-0.15, -0.1) is 0 Å². The number of carbonyl (C=O) groups is 2. The molecule has 2 atom stereocenters. The molecule has 136 valence electrons. The van der Waals surface area contributed by atoms with Crippen molar-refractivity contribution in [2.45, 2.75) is 32.9 Å².